The van der Waals surface area contributed by atoms with Crippen LogP contribution >= 0.6 is 0 Å². The highest BCUT2D eigenvalue weighted by Crippen LogP contribution is 2.16. The summed E-state index contributed by atoms with van der Waals surface area (Å²) in [6, 6.07) is 21.8. The molecule has 2 heteroatoms. The maximum atomic E-state index is 3.64. The summed E-state index contributed by atoms with van der Waals surface area (Å²) < 4.78 is 0. The highest BCUT2D eigenvalue weighted by Gasteiger charge is 2.18. The molecule has 2 aromatic rings. The van der Waals surface area contributed by atoms with Crippen molar-refractivity contribution >= 4 is 8.07 Å². The summed E-state index contributed by atoms with van der Waals surface area (Å²) in [6.07, 6.45) is 2.28. The molecular weight excluding hydrogens is 318 g/mol. The summed E-state index contributed by atoms with van der Waals surface area (Å²) in [5, 5.41) is 0. The monoisotopic (exact) mass is 349 g/mol. The second-order valence-electron chi connectivity index (χ2n) is 7.70. The molecule has 0 saturated carbocycles. The van der Waals surface area contributed by atoms with Crippen LogP contribution in [-0.2, 0) is 13.1 Å². The smallest absolute Gasteiger partial charge is 0.129 e. The molecule has 0 radical (unpaired) electrons. The molecule has 132 valence electrons. The van der Waals surface area contributed by atoms with E-state index in [-0.39, 0.29) is 0 Å². The van der Waals surface area contributed by atoms with Gasteiger partial charge in [0.05, 0.1) is 6.04 Å². The minimum atomic E-state index is -1.37. The molecule has 0 spiro atoms. The van der Waals surface area contributed by atoms with Crippen molar-refractivity contribution < 1.29 is 0 Å². The topological polar surface area (TPSA) is 3.24 Å². The van der Waals surface area contributed by atoms with Gasteiger partial charge < -0.3 is 0 Å². The van der Waals surface area contributed by atoms with Gasteiger partial charge in [-0.2, -0.15) is 0 Å². The first-order valence-electron chi connectivity index (χ1n) is 9.32. The molecule has 0 N–H and O–H groups in total. The molecule has 0 bridgehead atoms. The lowest BCUT2D eigenvalue weighted by Gasteiger charge is -2.29. The molecule has 0 amide bonds. The molecule has 0 aliphatic heterocycles. The first kappa shape index (κ1) is 19.5. The van der Waals surface area contributed by atoms with Crippen LogP contribution in [0.3, 0.4) is 0 Å². The molecule has 25 heavy (non-hydrogen) atoms. The van der Waals surface area contributed by atoms with E-state index in [0.717, 1.165) is 25.9 Å². The van der Waals surface area contributed by atoms with Gasteiger partial charge in [0.25, 0.3) is 0 Å². The van der Waals surface area contributed by atoms with Crippen molar-refractivity contribution in [3.8, 4) is 11.5 Å². The fourth-order valence-corrected chi connectivity index (χ4v) is 3.43. The van der Waals surface area contributed by atoms with E-state index in [0.29, 0.717) is 6.04 Å². The molecule has 0 saturated heterocycles. The normalized spacial score (nSPS) is 12.5. The largest absolute Gasteiger partial charge is 0.281 e. The van der Waals surface area contributed by atoms with E-state index in [9.17, 15) is 0 Å². The Morgan fingerprint density at radius 2 is 1.32 bits per heavy atom. The molecular formula is C23H31NSi. The van der Waals surface area contributed by atoms with Crippen LogP contribution in [0.25, 0.3) is 0 Å². The quantitative estimate of drug-likeness (QED) is 0.455. The Bertz CT molecular complexity index is 635. The van der Waals surface area contributed by atoms with Crippen molar-refractivity contribution in [2.24, 2.45) is 0 Å². The fourth-order valence-electron chi connectivity index (χ4n) is 2.83. The van der Waals surface area contributed by atoms with Gasteiger partial charge in [-0.3, -0.25) is 4.90 Å². The Balaban J connectivity index is 2.27. The zero-order chi connectivity index (χ0) is 18.1. The zero-order valence-electron chi connectivity index (χ0n) is 16.1. The second kappa shape index (κ2) is 9.61. The van der Waals surface area contributed by atoms with Crippen molar-refractivity contribution in [2.45, 2.75) is 58.5 Å². The van der Waals surface area contributed by atoms with Gasteiger partial charge in [0.2, 0.25) is 0 Å². The molecule has 1 nitrogen and oxygen atoms in total. The van der Waals surface area contributed by atoms with Crippen molar-refractivity contribution in [3.05, 3.63) is 71.8 Å². The van der Waals surface area contributed by atoms with Crippen molar-refractivity contribution in [1.29, 1.82) is 0 Å². The van der Waals surface area contributed by atoms with Crippen LogP contribution in [0.1, 0.15) is 30.9 Å². The molecule has 0 heterocycles. The maximum absolute atomic E-state index is 3.64. The van der Waals surface area contributed by atoms with E-state index in [1.165, 1.54) is 11.1 Å². The number of nitrogens with zero attached hydrogens (tertiary/aromatic N) is 1. The predicted molar refractivity (Wildman–Crippen MR) is 112 cm³/mol. The minimum absolute atomic E-state index is 0.317. The molecule has 0 unspecified atom stereocenters. The zero-order valence-corrected chi connectivity index (χ0v) is 17.1. The van der Waals surface area contributed by atoms with Crippen LogP contribution in [0.4, 0.5) is 0 Å². The summed E-state index contributed by atoms with van der Waals surface area (Å²) in [4.78, 5) is 2.54. The van der Waals surface area contributed by atoms with E-state index < -0.39 is 8.07 Å². The Kier molecular flexibility index (Phi) is 7.49. The van der Waals surface area contributed by atoms with Crippen LogP contribution in [0.5, 0.6) is 0 Å². The highest BCUT2D eigenvalue weighted by atomic mass is 28.3. The van der Waals surface area contributed by atoms with Crippen molar-refractivity contribution in [1.82, 2.24) is 4.90 Å². The lowest BCUT2D eigenvalue weighted by Crippen LogP contribution is -2.34. The third-order valence-corrected chi connectivity index (χ3v) is 4.97. The average Bonchev–Trinajstić information content (AvgIpc) is 2.59. The van der Waals surface area contributed by atoms with E-state index in [4.69, 9.17) is 0 Å². The van der Waals surface area contributed by atoms with Crippen LogP contribution in [0, 0.1) is 11.5 Å². The SMILES string of the molecule is CCC[C@H](C#C[Si](C)(C)C)N(Cc1ccccc1)Cc1ccccc1. The second-order valence-corrected chi connectivity index (χ2v) is 12.4. The summed E-state index contributed by atoms with van der Waals surface area (Å²) >= 11 is 0. The summed E-state index contributed by atoms with van der Waals surface area (Å²) in [7, 11) is -1.37. The van der Waals surface area contributed by atoms with E-state index in [2.05, 4.69) is 104 Å². The van der Waals surface area contributed by atoms with Gasteiger partial charge in [-0.05, 0) is 17.5 Å². The molecule has 0 aromatic heterocycles. The molecule has 0 aliphatic carbocycles. The summed E-state index contributed by atoms with van der Waals surface area (Å²) in [6.45, 7) is 11.1. The van der Waals surface area contributed by atoms with Crippen LogP contribution in [0.2, 0.25) is 19.6 Å². The molecule has 1 atom stereocenters. The van der Waals surface area contributed by atoms with Crippen LogP contribution < -0.4 is 0 Å². The Morgan fingerprint density at radius 3 is 1.72 bits per heavy atom. The van der Waals surface area contributed by atoms with Gasteiger partial charge in [-0.25, -0.2) is 0 Å². The number of hydrogen-bond acceptors (Lipinski definition) is 1. The van der Waals surface area contributed by atoms with Crippen molar-refractivity contribution in [3.63, 3.8) is 0 Å². The maximum Gasteiger partial charge on any atom is 0.129 e. The van der Waals surface area contributed by atoms with Gasteiger partial charge in [-0.1, -0.05) is 99.6 Å². The highest BCUT2D eigenvalue weighted by molar-refractivity contribution is 6.83. The predicted octanol–water partition coefficient (Wildman–Crippen LogP) is 5.74. The summed E-state index contributed by atoms with van der Waals surface area (Å²) in [5.74, 6) is 3.64. The van der Waals surface area contributed by atoms with Gasteiger partial charge in [0, 0.05) is 13.1 Å². The standard InChI is InChI=1S/C23H31NSi/c1-5-12-23(17-18-25(2,3)4)24(19-21-13-8-6-9-14-21)20-22-15-10-7-11-16-22/h6-11,13-16,23H,5,12,19-20H2,1-4H3/t23-/m1/s1. The van der Waals surface area contributed by atoms with Crippen molar-refractivity contribution in [2.75, 3.05) is 0 Å². The van der Waals surface area contributed by atoms with E-state index in [1.54, 1.807) is 0 Å². The molecule has 2 rings (SSSR count). The van der Waals surface area contributed by atoms with Gasteiger partial charge in [-0.15, -0.1) is 5.54 Å². The van der Waals surface area contributed by atoms with Crippen LogP contribution in [-0.4, -0.2) is 19.0 Å². The first-order chi connectivity index (χ1) is 12.0. The molecule has 0 aliphatic rings. The fraction of sp³-hybridized carbons (Fsp3) is 0.391. The molecule has 0 fully saturated rings. The Morgan fingerprint density at radius 1 is 0.840 bits per heavy atom. The number of hydrogen-bond donors (Lipinski definition) is 0. The van der Waals surface area contributed by atoms with Crippen LogP contribution in [0.15, 0.2) is 60.7 Å². The van der Waals surface area contributed by atoms with Gasteiger partial charge in [0.1, 0.15) is 8.07 Å². The lowest BCUT2D eigenvalue weighted by molar-refractivity contribution is 0.207. The number of benzene rings is 2. The average molecular weight is 350 g/mol. The van der Waals surface area contributed by atoms with E-state index in [1.807, 2.05) is 0 Å². The van der Waals surface area contributed by atoms with Gasteiger partial charge >= 0.3 is 0 Å². The Hall–Kier alpha value is -1.82. The molecule has 2 aromatic carbocycles. The summed E-state index contributed by atoms with van der Waals surface area (Å²) in [5.41, 5.74) is 6.32. The lowest BCUT2D eigenvalue weighted by atomic mass is 10.1. The first-order valence-corrected chi connectivity index (χ1v) is 12.8. The third-order valence-electron chi connectivity index (χ3n) is 4.07. The number of rotatable bonds is 7. The minimum Gasteiger partial charge on any atom is -0.281 e. The third kappa shape index (κ3) is 7.30. The van der Waals surface area contributed by atoms with E-state index >= 15 is 0 Å². The Labute approximate surface area is 155 Å². The van der Waals surface area contributed by atoms with Gasteiger partial charge in [0.15, 0.2) is 0 Å².